The predicted molar refractivity (Wildman–Crippen MR) is 28.5 cm³/mol. The fourth-order valence-corrected chi connectivity index (χ4v) is 0.728. The number of hydrogen-bond acceptors (Lipinski definition) is 3. The lowest BCUT2D eigenvalue weighted by Gasteiger charge is -2.04. The summed E-state index contributed by atoms with van der Waals surface area (Å²) in [6.45, 7) is 1.73. The van der Waals surface area contributed by atoms with E-state index >= 15 is 0 Å². The molecule has 0 aromatic carbocycles. The molecule has 0 heterocycles. The Balaban J connectivity index is 3.55. The molecule has 0 saturated carbocycles. The van der Waals surface area contributed by atoms with Crippen LogP contribution >= 0.6 is 7.60 Å². The maximum absolute atomic E-state index is 10.3. The molecular weight excluding hydrogens is 131 g/mol. The highest BCUT2D eigenvalue weighted by atomic mass is 31.2. The molecule has 50 valence electrons. The molecule has 1 unspecified atom stereocenters. The van der Waals surface area contributed by atoms with Gasteiger partial charge in [-0.3, -0.25) is 4.57 Å². The predicted octanol–water partition coefficient (Wildman–Crippen LogP) is 0.158. The van der Waals surface area contributed by atoms with Gasteiger partial charge < -0.3 is 14.5 Å². The van der Waals surface area contributed by atoms with Crippen LogP contribution in [-0.2, 0) is 9.09 Å². The third-order valence-electron chi connectivity index (χ3n) is 0.510. The lowest BCUT2D eigenvalue weighted by Crippen LogP contribution is -1.91. The molecule has 5 heteroatoms. The van der Waals surface area contributed by atoms with E-state index in [1.165, 1.54) is 0 Å². The van der Waals surface area contributed by atoms with Crippen LogP contribution in [0.4, 0.5) is 0 Å². The number of aliphatic hydroxyl groups excluding tert-OH is 1. The molecule has 0 aliphatic carbocycles. The number of rotatable bonds is 3. The zero-order valence-corrected chi connectivity index (χ0v) is 5.47. The summed E-state index contributed by atoms with van der Waals surface area (Å²) in [5.41, 5.74) is 0. The molecule has 8 heavy (non-hydrogen) atoms. The van der Waals surface area contributed by atoms with Crippen LogP contribution in [0.3, 0.4) is 0 Å². The van der Waals surface area contributed by atoms with E-state index in [1.807, 2.05) is 0 Å². The van der Waals surface area contributed by atoms with Crippen molar-refractivity contribution in [1.29, 1.82) is 0 Å². The minimum atomic E-state index is -3.62. The Morgan fingerprint density at radius 2 is 2.25 bits per heavy atom. The second kappa shape index (κ2) is 3.20. The van der Waals surface area contributed by atoms with Crippen LogP contribution in [0.25, 0.3) is 0 Å². The van der Waals surface area contributed by atoms with E-state index < -0.39 is 13.9 Å². The largest absolute Gasteiger partial charge is 0.384 e. The third kappa shape index (κ3) is 3.16. The van der Waals surface area contributed by atoms with Crippen LogP contribution in [0.5, 0.6) is 0 Å². The van der Waals surface area contributed by atoms with Crippen LogP contribution in [0.1, 0.15) is 6.92 Å². The van der Waals surface area contributed by atoms with Crippen molar-refractivity contribution in [2.75, 3.05) is 13.0 Å². The highest BCUT2D eigenvalue weighted by Gasteiger charge is 2.14. The van der Waals surface area contributed by atoms with Gasteiger partial charge in [-0.25, -0.2) is 0 Å². The standard InChI is InChI=1S/C3H9O4P/c1-2-7-8(5,6)3-4/h4H,2-3H2,1H3,(H,5,6). The fraction of sp³-hybridized carbons (Fsp3) is 1.00. The van der Waals surface area contributed by atoms with E-state index in [0.29, 0.717) is 0 Å². The smallest absolute Gasteiger partial charge is 0.353 e. The summed E-state index contributed by atoms with van der Waals surface area (Å²) in [5.74, 6) is 0. The van der Waals surface area contributed by atoms with Crippen molar-refractivity contribution in [3.63, 3.8) is 0 Å². The summed E-state index contributed by atoms with van der Waals surface area (Å²) in [6.07, 6.45) is -0.805. The normalized spacial score (nSPS) is 17.9. The summed E-state index contributed by atoms with van der Waals surface area (Å²) < 4.78 is 14.5. The molecule has 0 bridgehead atoms. The van der Waals surface area contributed by atoms with Crippen molar-refractivity contribution in [3.05, 3.63) is 0 Å². The lowest BCUT2D eigenvalue weighted by atomic mass is 10.9. The second-order valence-corrected chi connectivity index (χ2v) is 3.01. The zero-order valence-electron chi connectivity index (χ0n) is 4.57. The molecule has 2 N–H and O–H groups in total. The Labute approximate surface area is 47.6 Å². The number of hydrogen-bond donors (Lipinski definition) is 2. The first-order valence-corrected chi connectivity index (χ1v) is 3.96. The topological polar surface area (TPSA) is 66.8 Å². The van der Waals surface area contributed by atoms with E-state index in [4.69, 9.17) is 10.00 Å². The Bertz CT molecular complexity index is 101. The van der Waals surface area contributed by atoms with Gasteiger partial charge in [0.15, 0.2) is 0 Å². The van der Waals surface area contributed by atoms with Gasteiger partial charge in [0.1, 0.15) is 6.35 Å². The first-order chi connectivity index (χ1) is 3.62. The van der Waals surface area contributed by atoms with E-state index in [-0.39, 0.29) is 6.61 Å². The van der Waals surface area contributed by atoms with Gasteiger partial charge in [0.2, 0.25) is 0 Å². The summed E-state index contributed by atoms with van der Waals surface area (Å²) >= 11 is 0. The Hall–Kier alpha value is 0.110. The molecule has 0 fully saturated rings. The van der Waals surface area contributed by atoms with E-state index in [2.05, 4.69) is 4.52 Å². The molecule has 0 aliphatic rings. The SMILES string of the molecule is CCOP(=O)(O)CO. The minimum Gasteiger partial charge on any atom is -0.384 e. The lowest BCUT2D eigenvalue weighted by molar-refractivity contribution is 0.233. The summed E-state index contributed by atoms with van der Waals surface area (Å²) in [4.78, 5) is 8.41. The molecule has 0 amide bonds. The van der Waals surface area contributed by atoms with Crippen molar-refractivity contribution in [2.24, 2.45) is 0 Å². The van der Waals surface area contributed by atoms with Crippen molar-refractivity contribution in [1.82, 2.24) is 0 Å². The minimum absolute atomic E-state index is 0.147. The van der Waals surface area contributed by atoms with Gasteiger partial charge in [-0.05, 0) is 6.92 Å². The maximum Gasteiger partial charge on any atom is 0.353 e. The first-order valence-electron chi connectivity index (χ1n) is 2.19. The van der Waals surface area contributed by atoms with Gasteiger partial charge >= 0.3 is 7.60 Å². The quantitative estimate of drug-likeness (QED) is 0.548. The van der Waals surface area contributed by atoms with Crippen molar-refractivity contribution in [3.8, 4) is 0 Å². The van der Waals surface area contributed by atoms with Crippen molar-refractivity contribution >= 4 is 7.60 Å². The van der Waals surface area contributed by atoms with Crippen LogP contribution < -0.4 is 0 Å². The van der Waals surface area contributed by atoms with E-state index in [9.17, 15) is 4.57 Å². The Kier molecular flexibility index (Phi) is 3.24. The van der Waals surface area contributed by atoms with Crippen LogP contribution in [-0.4, -0.2) is 23.0 Å². The van der Waals surface area contributed by atoms with Crippen LogP contribution in [0.2, 0.25) is 0 Å². The third-order valence-corrected chi connectivity index (χ3v) is 1.53. The fourth-order valence-electron chi connectivity index (χ4n) is 0.243. The molecule has 0 radical (unpaired) electrons. The van der Waals surface area contributed by atoms with Gasteiger partial charge in [-0.1, -0.05) is 0 Å². The van der Waals surface area contributed by atoms with Crippen LogP contribution in [0.15, 0.2) is 0 Å². The molecule has 0 rings (SSSR count). The molecule has 0 spiro atoms. The van der Waals surface area contributed by atoms with Crippen LogP contribution in [0, 0.1) is 0 Å². The number of aliphatic hydroxyl groups is 1. The average molecular weight is 140 g/mol. The maximum atomic E-state index is 10.3. The van der Waals surface area contributed by atoms with E-state index in [0.717, 1.165) is 0 Å². The molecule has 0 aliphatic heterocycles. The zero-order chi connectivity index (χ0) is 6.62. The van der Waals surface area contributed by atoms with Gasteiger partial charge in [-0.2, -0.15) is 0 Å². The molecule has 0 aromatic heterocycles. The molecule has 1 atom stereocenters. The van der Waals surface area contributed by atoms with Gasteiger partial charge in [0.05, 0.1) is 6.61 Å². The molecule has 4 nitrogen and oxygen atoms in total. The second-order valence-electron chi connectivity index (χ2n) is 1.20. The molecular formula is C3H9O4P. The van der Waals surface area contributed by atoms with Gasteiger partial charge in [0.25, 0.3) is 0 Å². The average Bonchev–Trinajstić information content (AvgIpc) is 1.67. The van der Waals surface area contributed by atoms with Crippen molar-refractivity contribution < 1.29 is 19.1 Å². The molecule has 0 saturated heterocycles. The van der Waals surface area contributed by atoms with Gasteiger partial charge in [-0.15, -0.1) is 0 Å². The molecule has 0 aromatic rings. The highest BCUT2D eigenvalue weighted by Crippen LogP contribution is 2.39. The van der Waals surface area contributed by atoms with E-state index in [1.54, 1.807) is 6.92 Å². The Morgan fingerprint density at radius 3 is 2.38 bits per heavy atom. The summed E-state index contributed by atoms with van der Waals surface area (Å²) in [7, 11) is -3.62. The Morgan fingerprint density at radius 1 is 1.75 bits per heavy atom. The summed E-state index contributed by atoms with van der Waals surface area (Å²) in [5, 5.41) is 8.09. The monoisotopic (exact) mass is 140 g/mol. The van der Waals surface area contributed by atoms with Gasteiger partial charge in [0, 0.05) is 0 Å². The first kappa shape index (κ1) is 8.11. The van der Waals surface area contributed by atoms with Crippen molar-refractivity contribution in [2.45, 2.75) is 6.92 Å². The highest BCUT2D eigenvalue weighted by molar-refractivity contribution is 7.52. The summed E-state index contributed by atoms with van der Waals surface area (Å²) in [6, 6.07) is 0.